The van der Waals surface area contributed by atoms with Crippen molar-refractivity contribution in [1.29, 1.82) is 0 Å². The molecule has 0 spiro atoms. The number of amides is 2. The third-order valence-electron chi connectivity index (χ3n) is 4.45. The second-order valence-electron chi connectivity index (χ2n) is 6.30. The van der Waals surface area contributed by atoms with Crippen LogP contribution >= 0.6 is 0 Å². The van der Waals surface area contributed by atoms with Gasteiger partial charge in [0.15, 0.2) is 0 Å². The fraction of sp³-hybridized carbons (Fsp3) is 0.389. The van der Waals surface area contributed by atoms with Crippen molar-refractivity contribution in [3.05, 3.63) is 40.4 Å². The van der Waals surface area contributed by atoms with Crippen LogP contribution in [0.4, 0.5) is 16.3 Å². The van der Waals surface area contributed by atoms with Gasteiger partial charge in [-0.3, -0.25) is 14.9 Å². The Kier molecular flexibility index (Phi) is 5.49. The molecule has 2 amide bonds. The van der Waals surface area contributed by atoms with Crippen molar-refractivity contribution in [2.45, 2.75) is 19.8 Å². The SMILES string of the molecule is CCOC(=O)N1CCC[C@@H](C(=O)Nc2ccc3cc([N+](=O)[O-])ccc3n2)C1. The van der Waals surface area contributed by atoms with Gasteiger partial charge in [-0.05, 0) is 38.0 Å². The number of nitrogens with one attached hydrogen (secondary N) is 1. The Labute approximate surface area is 155 Å². The molecule has 1 fully saturated rings. The summed E-state index contributed by atoms with van der Waals surface area (Å²) >= 11 is 0. The molecule has 9 nitrogen and oxygen atoms in total. The number of non-ortho nitro benzene ring substituents is 1. The first-order valence-electron chi connectivity index (χ1n) is 8.75. The molecule has 1 N–H and O–H groups in total. The maximum Gasteiger partial charge on any atom is 0.409 e. The third-order valence-corrected chi connectivity index (χ3v) is 4.45. The van der Waals surface area contributed by atoms with Gasteiger partial charge in [-0.15, -0.1) is 0 Å². The van der Waals surface area contributed by atoms with Gasteiger partial charge in [-0.2, -0.15) is 0 Å². The van der Waals surface area contributed by atoms with E-state index in [-0.39, 0.29) is 17.5 Å². The van der Waals surface area contributed by atoms with E-state index in [0.717, 1.165) is 6.42 Å². The molecule has 142 valence electrons. The summed E-state index contributed by atoms with van der Waals surface area (Å²) in [6, 6.07) is 7.64. The molecule has 1 aromatic heterocycles. The molecule has 0 unspecified atom stereocenters. The van der Waals surface area contributed by atoms with Gasteiger partial charge in [0.25, 0.3) is 5.69 Å². The molecule has 1 aliphatic rings. The zero-order valence-electron chi connectivity index (χ0n) is 14.9. The molecule has 2 aromatic rings. The van der Waals surface area contributed by atoms with Gasteiger partial charge >= 0.3 is 6.09 Å². The van der Waals surface area contributed by atoms with Crippen LogP contribution in [0, 0.1) is 16.0 Å². The van der Waals surface area contributed by atoms with Crippen LogP contribution in [0.3, 0.4) is 0 Å². The van der Waals surface area contributed by atoms with Crippen LogP contribution in [-0.2, 0) is 9.53 Å². The molecular formula is C18H20N4O5. The van der Waals surface area contributed by atoms with E-state index in [4.69, 9.17) is 4.74 Å². The number of hydrogen-bond acceptors (Lipinski definition) is 6. The van der Waals surface area contributed by atoms with Crippen LogP contribution in [-0.4, -0.2) is 46.5 Å². The first kappa shape index (κ1) is 18.6. The Morgan fingerprint density at radius 1 is 1.37 bits per heavy atom. The van der Waals surface area contributed by atoms with Crippen molar-refractivity contribution in [3.8, 4) is 0 Å². The van der Waals surface area contributed by atoms with Crippen molar-refractivity contribution in [2.24, 2.45) is 5.92 Å². The molecule has 0 bridgehead atoms. The van der Waals surface area contributed by atoms with Crippen LogP contribution in [0.5, 0.6) is 0 Å². The first-order valence-corrected chi connectivity index (χ1v) is 8.75. The molecular weight excluding hydrogens is 352 g/mol. The van der Waals surface area contributed by atoms with E-state index in [9.17, 15) is 19.7 Å². The number of nitrogens with zero attached hydrogens (tertiary/aromatic N) is 3. The van der Waals surface area contributed by atoms with Gasteiger partial charge in [-0.25, -0.2) is 9.78 Å². The normalized spacial score (nSPS) is 16.8. The molecule has 2 heterocycles. The maximum atomic E-state index is 12.6. The van der Waals surface area contributed by atoms with Crippen LogP contribution in [0.25, 0.3) is 10.9 Å². The van der Waals surface area contributed by atoms with Gasteiger partial charge in [0, 0.05) is 30.6 Å². The molecule has 1 aromatic carbocycles. The minimum absolute atomic E-state index is 0.0117. The number of hydrogen-bond donors (Lipinski definition) is 1. The summed E-state index contributed by atoms with van der Waals surface area (Å²) in [5.41, 5.74) is 0.539. The van der Waals surface area contributed by atoms with Gasteiger partial charge < -0.3 is 15.0 Å². The van der Waals surface area contributed by atoms with E-state index in [1.807, 2.05) is 0 Å². The van der Waals surface area contributed by atoms with Gasteiger partial charge in [-0.1, -0.05) is 0 Å². The van der Waals surface area contributed by atoms with Crippen molar-refractivity contribution in [3.63, 3.8) is 0 Å². The quantitative estimate of drug-likeness (QED) is 0.652. The standard InChI is InChI=1S/C18H20N4O5/c1-2-27-18(24)21-9-3-4-13(11-21)17(23)20-16-8-5-12-10-14(22(25)26)6-7-15(12)19-16/h5-8,10,13H,2-4,9,11H2,1H3,(H,19,20,23)/t13-/m1/s1. The Hall–Kier alpha value is -3.23. The molecule has 1 atom stereocenters. The number of piperidine rings is 1. The van der Waals surface area contributed by atoms with Crippen LogP contribution in [0.2, 0.25) is 0 Å². The summed E-state index contributed by atoms with van der Waals surface area (Å²) in [4.78, 5) is 40.7. The number of carbonyl (C=O) groups excluding carboxylic acids is 2. The van der Waals surface area contributed by atoms with Crippen molar-refractivity contribution in [1.82, 2.24) is 9.88 Å². The lowest BCUT2D eigenvalue weighted by molar-refractivity contribution is -0.384. The number of ether oxygens (including phenoxy) is 1. The molecule has 0 radical (unpaired) electrons. The molecule has 0 aliphatic carbocycles. The topological polar surface area (TPSA) is 115 Å². The van der Waals surface area contributed by atoms with Crippen LogP contribution < -0.4 is 5.32 Å². The van der Waals surface area contributed by atoms with E-state index in [1.54, 1.807) is 30.0 Å². The number of benzene rings is 1. The monoisotopic (exact) mass is 372 g/mol. The van der Waals surface area contributed by atoms with E-state index in [2.05, 4.69) is 10.3 Å². The fourth-order valence-corrected chi connectivity index (χ4v) is 3.10. The van der Waals surface area contributed by atoms with E-state index >= 15 is 0 Å². The highest BCUT2D eigenvalue weighted by molar-refractivity contribution is 5.93. The molecule has 1 aliphatic heterocycles. The Balaban J connectivity index is 1.69. The van der Waals surface area contributed by atoms with Crippen molar-refractivity contribution >= 4 is 34.4 Å². The minimum Gasteiger partial charge on any atom is -0.450 e. The summed E-state index contributed by atoms with van der Waals surface area (Å²) in [5.74, 6) is -0.176. The smallest absolute Gasteiger partial charge is 0.409 e. The predicted octanol–water partition coefficient (Wildman–Crippen LogP) is 2.95. The summed E-state index contributed by atoms with van der Waals surface area (Å²) in [5, 5.41) is 14.2. The van der Waals surface area contributed by atoms with Gasteiger partial charge in [0.05, 0.1) is 23.0 Å². The highest BCUT2D eigenvalue weighted by Crippen LogP contribution is 2.23. The Bertz CT molecular complexity index is 885. The molecule has 27 heavy (non-hydrogen) atoms. The summed E-state index contributed by atoms with van der Waals surface area (Å²) in [6.07, 6.45) is 1.01. The first-order chi connectivity index (χ1) is 13.0. The summed E-state index contributed by atoms with van der Waals surface area (Å²) in [6.45, 7) is 2.93. The van der Waals surface area contributed by atoms with E-state index < -0.39 is 11.0 Å². The number of nitro benzene ring substituents is 1. The van der Waals surface area contributed by atoms with Gasteiger partial charge in [0.1, 0.15) is 5.82 Å². The Morgan fingerprint density at radius 3 is 2.93 bits per heavy atom. The highest BCUT2D eigenvalue weighted by atomic mass is 16.6. The molecule has 3 rings (SSSR count). The number of anilines is 1. The molecule has 0 saturated carbocycles. The lowest BCUT2D eigenvalue weighted by Gasteiger charge is -2.31. The second-order valence-corrected chi connectivity index (χ2v) is 6.30. The van der Waals surface area contributed by atoms with Gasteiger partial charge in [0.2, 0.25) is 5.91 Å². The average molecular weight is 372 g/mol. The molecule has 9 heteroatoms. The summed E-state index contributed by atoms with van der Waals surface area (Å²) in [7, 11) is 0. The van der Waals surface area contributed by atoms with Crippen LogP contribution in [0.1, 0.15) is 19.8 Å². The largest absolute Gasteiger partial charge is 0.450 e. The zero-order valence-corrected chi connectivity index (χ0v) is 14.9. The lowest BCUT2D eigenvalue weighted by atomic mass is 9.97. The summed E-state index contributed by atoms with van der Waals surface area (Å²) < 4.78 is 5.00. The number of rotatable bonds is 4. The number of carbonyl (C=O) groups is 2. The number of fused-ring (bicyclic) bond motifs is 1. The fourth-order valence-electron chi connectivity index (χ4n) is 3.10. The van der Waals surface area contributed by atoms with E-state index in [1.165, 1.54) is 12.1 Å². The predicted molar refractivity (Wildman–Crippen MR) is 98.3 cm³/mol. The van der Waals surface area contributed by atoms with Crippen LogP contribution in [0.15, 0.2) is 30.3 Å². The minimum atomic E-state index is -0.465. The highest BCUT2D eigenvalue weighted by Gasteiger charge is 2.29. The number of pyridine rings is 1. The lowest BCUT2D eigenvalue weighted by Crippen LogP contribution is -2.44. The average Bonchev–Trinajstić information content (AvgIpc) is 2.67. The number of likely N-dealkylation sites (tertiary alicyclic amines) is 1. The van der Waals surface area contributed by atoms with Crippen molar-refractivity contribution < 1.29 is 19.2 Å². The number of nitro groups is 1. The molecule has 1 saturated heterocycles. The number of aromatic nitrogens is 1. The maximum absolute atomic E-state index is 12.6. The van der Waals surface area contributed by atoms with Crippen molar-refractivity contribution in [2.75, 3.05) is 25.0 Å². The Morgan fingerprint density at radius 2 is 2.19 bits per heavy atom. The van der Waals surface area contributed by atoms with E-state index in [0.29, 0.717) is 42.8 Å². The zero-order chi connectivity index (χ0) is 19.4. The third kappa shape index (κ3) is 4.30. The second kappa shape index (κ2) is 7.98.